The van der Waals surface area contributed by atoms with Crippen LogP contribution in [0.2, 0.25) is 0 Å². The second-order valence-electron chi connectivity index (χ2n) is 6.79. The van der Waals surface area contributed by atoms with Crippen molar-refractivity contribution in [3.63, 3.8) is 0 Å². The van der Waals surface area contributed by atoms with Gasteiger partial charge < -0.3 is 5.11 Å². The van der Waals surface area contributed by atoms with Gasteiger partial charge in [0.15, 0.2) is 0 Å². The molecular weight excluding hydrogens is 334 g/mol. The molecule has 0 radical (unpaired) electrons. The quantitative estimate of drug-likeness (QED) is 0.770. The molecule has 0 saturated heterocycles. The van der Waals surface area contributed by atoms with Crippen LogP contribution < -0.4 is 4.72 Å². The predicted octanol–water partition coefficient (Wildman–Crippen LogP) is 3.86. The van der Waals surface area contributed by atoms with E-state index >= 15 is 0 Å². The fourth-order valence-corrected chi connectivity index (χ4v) is 5.06. The fourth-order valence-electron chi connectivity index (χ4n) is 3.45. The summed E-state index contributed by atoms with van der Waals surface area (Å²) in [7, 11) is -3.47. The van der Waals surface area contributed by atoms with E-state index in [-0.39, 0.29) is 12.5 Å². The zero-order valence-corrected chi connectivity index (χ0v) is 15.3. The molecule has 2 unspecified atom stereocenters. The summed E-state index contributed by atoms with van der Waals surface area (Å²) in [6.45, 7) is 2.13. The van der Waals surface area contributed by atoms with Gasteiger partial charge in [0.25, 0.3) is 0 Å². The second kappa shape index (κ2) is 7.58. The number of nitrogens with one attached hydrogen (secondary N) is 1. The van der Waals surface area contributed by atoms with Crippen LogP contribution in [-0.2, 0) is 16.4 Å². The van der Waals surface area contributed by atoms with Crippen LogP contribution in [0.1, 0.15) is 31.7 Å². The monoisotopic (exact) mass is 359 g/mol. The van der Waals surface area contributed by atoms with Gasteiger partial charge in [-0.25, -0.2) is 8.42 Å². The molecule has 134 valence electrons. The smallest absolute Gasteiger partial charge is 0.235 e. The largest absolute Gasteiger partial charge is 0.396 e. The molecule has 0 fully saturated rings. The molecule has 0 amide bonds. The van der Waals surface area contributed by atoms with Crippen LogP contribution in [-0.4, -0.2) is 25.4 Å². The van der Waals surface area contributed by atoms with Crippen LogP contribution >= 0.6 is 0 Å². The Morgan fingerprint density at radius 1 is 1.20 bits per heavy atom. The number of aryl methyl sites for hydroxylation is 1. The summed E-state index contributed by atoms with van der Waals surface area (Å²) >= 11 is 0. The van der Waals surface area contributed by atoms with Crippen molar-refractivity contribution in [3.8, 4) is 0 Å². The van der Waals surface area contributed by atoms with Gasteiger partial charge in [-0.3, -0.25) is 4.72 Å². The minimum Gasteiger partial charge on any atom is -0.396 e. The molecule has 3 rings (SSSR count). The van der Waals surface area contributed by atoms with Gasteiger partial charge in [-0.2, -0.15) is 0 Å². The molecule has 2 aromatic carbocycles. The number of benzene rings is 2. The molecule has 0 bridgehead atoms. The number of rotatable bonds is 6. The van der Waals surface area contributed by atoms with Gasteiger partial charge in [-0.15, -0.1) is 0 Å². The van der Waals surface area contributed by atoms with Crippen LogP contribution in [0.4, 0.5) is 5.69 Å². The summed E-state index contributed by atoms with van der Waals surface area (Å²) < 4.78 is 28.8. The Morgan fingerprint density at radius 2 is 2.00 bits per heavy atom. The molecule has 0 saturated carbocycles. The Labute approximate surface area is 149 Å². The van der Waals surface area contributed by atoms with Crippen LogP contribution in [0.5, 0.6) is 0 Å². The number of aliphatic hydroxyl groups is 1. The maximum Gasteiger partial charge on any atom is 0.235 e. The summed E-state index contributed by atoms with van der Waals surface area (Å²) in [6.07, 6.45) is 6.49. The Hall–Kier alpha value is -1.85. The van der Waals surface area contributed by atoms with E-state index in [0.717, 1.165) is 16.3 Å². The van der Waals surface area contributed by atoms with E-state index in [9.17, 15) is 8.42 Å². The van der Waals surface area contributed by atoms with Crippen molar-refractivity contribution in [1.82, 2.24) is 0 Å². The Kier molecular flexibility index (Phi) is 5.45. The molecule has 4 nitrogen and oxygen atoms in total. The standard InChI is InChI=1S/C20H25NO3S/c1-15-6-4-9-18(14-15)25(23,24)21-20-17(8-5-13-22)12-11-16-7-2-3-10-19(16)20/h2-4,6-7,10-12,15,18,21-22H,5,8-9,13-14H2,1H3. The van der Waals surface area contributed by atoms with Crippen molar-refractivity contribution < 1.29 is 13.5 Å². The predicted molar refractivity (Wildman–Crippen MR) is 103 cm³/mol. The summed E-state index contributed by atoms with van der Waals surface area (Å²) in [5, 5.41) is 10.7. The van der Waals surface area contributed by atoms with E-state index in [4.69, 9.17) is 5.11 Å². The number of hydrogen-bond acceptors (Lipinski definition) is 3. The SMILES string of the molecule is CC1C=CCC(S(=O)(=O)Nc2c(CCCO)ccc3ccccc23)C1. The second-order valence-corrected chi connectivity index (χ2v) is 8.75. The lowest BCUT2D eigenvalue weighted by atomic mass is 9.98. The highest BCUT2D eigenvalue weighted by Gasteiger charge is 2.29. The molecule has 0 heterocycles. The molecule has 0 aliphatic heterocycles. The number of sulfonamides is 1. The number of hydrogen-bond donors (Lipinski definition) is 2. The van der Waals surface area contributed by atoms with Crippen molar-refractivity contribution >= 4 is 26.5 Å². The zero-order valence-electron chi connectivity index (χ0n) is 14.5. The van der Waals surface area contributed by atoms with Crippen molar-refractivity contribution in [2.45, 2.75) is 37.9 Å². The van der Waals surface area contributed by atoms with E-state index in [1.807, 2.05) is 49.4 Å². The van der Waals surface area contributed by atoms with Crippen molar-refractivity contribution in [2.75, 3.05) is 11.3 Å². The Morgan fingerprint density at radius 3 is 2.76 bits per heavy atom. The van der Waals surface area contributed by atoms with Crippen LogP contribution in [0.15, 0.2) is 48.6 Å². The highest BCUT2D eigenvalue weighted by Crippen LogP contribution is 2.32. The molecule has 1 aliphatic rings. The summed E-state index contributed by atoms with van der Waals surface area (Å²) in [5.74, 6) is 0.275. The van der Waals surface area contributed by atoms with E-state index in [1.54, 1.807) is 0 Å². The van der Waals surface area contributed by atoms with Gasteiger partial charge in [0.2, 0.25) is 10.0 Å². The van der Waals surface area contributed by atoms with Crippen LogP contribution in [0.25, 0.3) is 10.8 Å². The van der Waals surface area contributed by atoms with Gasteiger partial charge in [0, 0.05) is 12.0 Å². The topological polar surface area (TPSA) is 66.4 Å². The first kappa shape index (κ1) is 18.0. The number of aliphatic hydroxyl groups excluding tert-OH is 1. The number of fused-ring (bicyclic) bond motifs is 1. The molecule has 25 heavy (non-hydrogen) atoms. The van der Waals surface area contributed by atoms with Gasteiger partial charge >= 0.3 is 0 Å². The van der Waals surface area contributed by atoms with Gasteiger partial charge in [0.1, 0.15) is 0 Å². The van der Waals surface area contributed by atoms with Crippen LogP contribution in [0, 0.1) is 5.92 Å². The minimum absolute atomic E-state index is 0.0873. The first-order valence-corrected chi connectivity index (χ1v) is 10.4. The minimum atomic E-state index is -3.47. The fraction of sp³-hybridized carbons (Fsp3) is 0.400. The number of allylic oxidation sites excluding steroid dienone is 2. The van der Waals surface area contributed by atoms with Crippen LogP contribution in [0.3, 0.4) is 0 Å². The van der Waals surface area contributed by atoms with Crippen molar-refractivity contribution in [3.05, 3.63) is 54.1 Å². The molecule has 0 spiro atoms. The lowest BCUT2D eigenvalue weighted by molar-refractivity contribution is 0.288. The first-order chi connectivity index (χ1) is 12.0. The van der Waals surface area contributed by atoms with E-state index in [1.165, 1.54) is 0 Å². The summed E-state index contributed by atoms with van der Waals surface area (Å²) in [4.78, 5) is 0. The maximum atomic E-state index is 13.0. The zero-order chi connectivity index (χ0) is 17.9. The number of anilines is 1. The molecule has 0 aromatic heterocycles. The Bertz CT molecular complexity index is 874. The summed E-state index contributed by atoms with van der Waals surface area (Å²) in [6, 6.07) is 11.8. The molecule has 2 atom stereocenters. The average molecular weight is 359 g/mol. The van der Waals surface area contributed by atoms with Gasteiger partial charge in [-0.1, -0.05) is 55.5 Å². The highest BCUT2D eigenvalue weighted by molar-refractivity contribution is 7.93. The molecule has 2 aromatic rings. The van der Waals surface area contributed by atoms with E-state index < -0.39 is 15.3 Å². The van der Waals surface area contributed by atoms with Crippen molar-refractivity contribution in [2.24, 2.45) is 5.92 Å². The van der Waals surface area contributed by atoms with E-state index in [2.05, 4.69) is 10.8 Å². The third-order valence-corrected chi connectivity index (χ3v) is 6.55. The molecular formula is C20H25NO3S. The maximum absolute atomic E-state index is 13.0. The van der Waals surface area contributed by atoms with E-state index in [0.29, 0.717) is 31.4 Å². The lowest BCUT2D eigenvalue weighted by Crippen LogP contribution is -2.31. The normalized spacial score (nSPS) is 20.7. The third-order valence-electron chi connectivity index (χ3n) is 4.80. The molecule has 1 aliphatic carbocycles. The molecule has 5 heteroatoms. The first-order valence-electron chi connectivity index (χ1n) is 8.81. The highest BCUT2D eigenvalue weighted by atomic mass is 32.2. The Balaban J connectivity index is 1.99. The lowest BCUT2D eigenvalue weighted by Gasteiger charge is -2.24. The van der Waals surface area contributed by atoms with Gasteiger partial charge in [-0.05, 0) is 42.6 Å². The molecule has 2 N–H and O–H groups in total. The average Bonchev–Trinajstić information content (AvgIpc) is 2.61. The third kappa shape index (κ3) is 4.05. The summed E-state index contributed by atoms with van der Waals surface area (Å²) in [5.41, 5.74) is 1.59. The van der Waals surface area contributed by atoms with Gasteiger partial charge in [0.05, 0.1) is 10.9 Å². The van der Waals surface area contributed by atoms with Crippen molar-refractivity contribution in [1.29, 1.82) is 0 Å².